The number of benzene rings is 3. The quantitative estimate of drug-likeness (QED) is 0.0512. The van der Waals surface area contributed by atoms with Crippen molar-refractivity contribution in [2.24, 2.45) is 17.6 Å². The normalized spacial score (nSPS) is 33.9. The number of carbonyl (C=O) groups is 2. The van der Waals surface area contributed by atoms with Crippen LogP contribution in [0.15, 0.2) is 97.5 Å². The first-order valence-corrected chi connectivity index (χ1v) is 23.8. The molecule has 11 rings (SSSR count). The third-order valence-electron chi connectivity index (χ3n) is 16.3. The monoisotopic (exact) mass is 956 g/mol. The van der Waals surface area contributed by atoms with Crippen LogP contribution in [0.3, 0.4) is 0 Å². The van der Waals surface area contributed by atoms with Gasteiger partial charge < -0.3 is 71.3 Å². The maximum absolute atomic E-state index is 15.2. The smallest absolute Gasteiger partial charge is 0.355 e. The van der Waals surface area contributed by atoms with Gasteiger partial charge in [0.2, 0.25) is 0 Å². The lowest BCUT2D eigenvalue weighted by atomic mass is 9.54. The van der Waals surface area contributed by atoms with Crippen LogP contribution < -0.4 is 20.7 Å². The lowest BCUT2D eigenvalue weighted by Crippen LogP contribution is -2.67. The van der Waals surface area contributed by atoms with Gasteiger partial charge in [-0.1, -0.05) is 42.5 Å². The second-order valence-corrected chi connectivity index (χ2v) is 19.7. The average Bonchev–Trinajstić information content (AvgIpc) is 4.22. The SMILES string of the molecule is NC1CCC2CCc3ccccc3C12C1C=CC2(C(=O)O)C1c1cc(O)c(OC3(O)OC(CO)C(O)C(O)C3O)cc1N2C(=O)C=Cc1ccc(O)c(C2CCC(CNc3ccc[nH]3)c3nc[nH]c32)c1. The highest BCUT2D eigenvalue weighted by Crippen LogP contribution is 2.67. The molecule has 4 aliphatic carbocycles. The Morgan fingerprint density at radius 1 is 0.957 bits per heavy atom. The van der Waals surface area contributed by atoms with Gasteiger partial charge in [-0.3, -0.25) is 9.69 Å². The highest BCUT2D eigenvalue weighted by molar-refractivity contribution is 6.13. The molecule has 366 valence electrons. The van der Waals surface area contributed by atoms with Crippen molar-refractivity contribution >= 4 is 29.5 Å². The number of hydrogen-bond acceptors (Lipinski definition) is 14. The Bertz CT molecular complexity index is 2900. The number of anilines is 2. The fourth-order valence-corrected chi connectivity index (χ4v) is 13.2. The molecule has 18 heteroatoms. The number of H-pyrrole nitrogens is 2. The van der Waals surface area contributed by atoms with Crippen LogP contribution in [0.1, 0.15) is 89.1 Å². The maximum Gasteiger partial charge on any atom is 0.355 e. The van der Waals surface area contributed by atoms with Crippen LogP contribution in [0.25, 0.3) is 6.08 Å². The molecule has 2 aromatic heterocycles. The van der Waals surface area contributed by atoms with E-state index >= 15 is 4.79 Å². The van der Waals surface area contributed by atoms with Crippen LogP contribution in [0.5, 0.6) is 17.2 Å². The number of nitrogens with one attached hydrogen (secondary N) is 3. The number of carbonyl (C=O) groups excluding carboxylic acids is 1. The van der Waals surface area contributed by atoms with E-state index in [-0.39, 0.29) is 40.8 Å². The molecule has 5 aromatic rings. The Kier molecular flexibility index (Phi) is 11.2. The number of fused-ring (bicyclic) bond motifs is 7. The number of amides is 1. The molecule has 4 heterocycles. The van der Waals surface area contributed by atoms with Gasteiger partial charge in [-0.25, -0.2) is 9.78 Å². The van der Waals surface area contributed by atoms with E-state index in [4.69, 9.17) is 15.2 Å². The fourth-order valence-electron chi connectivity index (χ4n) is 13.2. The lowest BCUT2D eigenvalue weighted by molar-refractivity contribution is -0.422. The van der Waals surface area contributed by atoms with Crippen molar-refractivity contribution in [3.05, 3.63) is 137 Å². The predicted molar refractivity (Wildman–Crippen MR) is 253 cm³/mol. The zero-order valence-corrected chi connectivity index (χ0v) is 37.9. The molecular weight excluding hydrogens is 901 g/mol. The van der Waals surface area contributed by atoms with E-state index in [1.165, 1.54) is 30.4 Å². The number of phenolic OH excluding ortho intramolecular Hbond substituents is 2. The summed E-state index contributed by atoms with van der Waals surface area (Å²) in [6.07, 6.45) is 6.46. The molecule has 3 aromatic carbocycles. The molecule has 1 saturated heterocycles. The molecule has 6 aliphatic rings. The Labute approximate surface area is 401 Å². The van der Waals surface area contributed by atoms with Gasteiger partial charge in [-0.05, 0) is 109 Å². The highest BCUT2D eigenvalue weighted by Gasteiger charge is 2.69. The van der Waals surface area contributed by atoms with Crippen molar-refractivity contribution in [2.75, 3.05) is 23.4 Å². The summed E-state index contributed by atoms with van der Waals surface area (Å²) in [7, 11) is 0. The summed E-state index contributed by atoms with van der Waals surface area (Å²) in [6, 6.07) is 19.0. The number of aliphatic carboxylic acids is 1. The minimum atomic E-state index is -3.14. The Balaban J connectivity index is 0.983. The van der Waals surface area contributed by atoms with Gasteiger partial charge in [0.1, 0.15) is 29.9 Å². The average molecular weight is 957 g/mol. The minimum Gasteiger partial charge on any atom is -0.508 e. The lowest BCUT2D eigenvalue weighted by Gasteiger charge is -2.50. The Morgan fingerprint density at radius 3 is 2.57 bits per heavy atom. The number of phenols is 2. The van der Waals surface area contributed by atoms with Crippen LogP contribution >= 0.6 is 0 Å². The van der Waals surface area contributed by atoms with E-state index in [1.807, 2.05) is 36.5 Å². The van der Waals surface area contributed by atoms with Gasteiger partial charge in [0.05, 0.1) is 24.3 Å². The third-order valence-corrected chi connectivity index (χ3v) is 16.3. The fraction of sp³-hybridized carbons (Fsp3) is 0.404. The van der Waals surface area contributed by atoms with Gasteiger partial charge in [-0.15, -0.1) is 0 Å². The van der Waals surface area contributed by atoms with E-state index in [0.29, 0.717) is 30.5 Å². The summed E-state index contributed by atoms with van der Waals surface area (Å²) in [5, 5.41) is 91.4. The molecule has 0 spiro atoms. The number of aromatic nitrogens is 3. The number of nitrogens with zero attached hydrogens (tertiary/aromatic N) is 2. The number of aliphatic hydroxyl groups excluding tert-OH is 4. The van der Waals surface area contributed by atoms with Crippen LogP contribution in [0.4, 0.5) is 11.5 Å². The van der Waals surface area contributed by atoms with Crippen molar-refractivity contribution in [1.29, 1.82) is 0 Å². The molecule has 2 fully saturated rings. The molecule has 70 heavy (non-hydrogen) atoms. The number of carboxylic acids is 1. The van der Waals surface area contributed by atoms with Crippen molar-refractivity contribution in [3.63, 3.8) is 0 Å². The van der Waals surface area contributed by atoms with Crippen molar-refractivity contribution in [1.82, 2.24) is 15.0 Å². The number of rotatable bonds is 11. The molecule has 1 amide bonds. The zero-order valence-electron chi connectivity index (χ0n) is 37.9. The summed E-state index contributed by atoms with van der Waals surface area (Å²) in [5.41, 5.74) is 9.72. The Morgan fingerprint density at radius 2 is 1.79 bits per heavy atom. The number of hydrogen-bond donors (Lipinski definition) is 12. The van der Waals surface area contributed by atoms with Crippen molar-refractivity contribution in [2.45, 2.75) is 104 Å². The van der Waals surface area contributed by atoms with Crippen LogP contribution in [-0.4, -0.2) is 123 Å². The van der Waals surface area contributed by atoms with Gasteiger partial charge in [0, 0.05) is 65.4 Å². The molecule has 0 bridgehead atoms. The molecular formula is C52H56N6O12. The van der Waals surface area contributed by atoms with Gasteiger partial charge in [0.25, 0.3) is 5.91 Å². The summed E-state index contributed by atoms with van der Waals surface area (Å²) >= 11 is 0. The molecule has 13 atom stereocenters. The summed E-state index contributed by atoms with van der Waals surface area (Å²) in [5.74, 6) is -7.19. The number of nitrogens with two attached hydrogens (primary N) is 1. The van der Waals surface area contributed by atoms with E-state index in [9.17, 15) is 45.6 Å². The second kappa shape index (κ2) is 17.1. The zero-order chi connectivity index (χ0) is 48.9. The first-order chi connectivity index (χ1) is 33.7. The first kappa shape index (κ1) is 45.9. The van der Waals surface area contributed by atoms with Crippen LogP contribution in [0.2, 0.25) is 0 Å². The van der Waals surface area contributed by atoms with E-state index in [0.717, 1.165) is 58.9 Å². The Hall–Kier alpha value is -6.51. The van der Waals surface area contributed by atoms with E-state index < -0.39 is 83.2 Å². The minimum absolute atomic E-state index is 0.00156. The van der Waals surface area contributed by atoms with Crippen LogP contribution in [-0.2, 0) is 26.2 Å². The second-order valence-electron chi connectivity index (χ2n) is 19.7. The first-order valence-electron chi connectivity index (χ1n) is 23.8. The number of aromatic hydroxyl groups is 2. The van der Waals surface area contributed by atoms with Gasteiger partial charge >= 0.3 is 11.9 Å². The number of aryl methyl sites for hydroxylation is 1. The number of imidazole rings is 1. The standard InChI is InChI=1S/C52H56N6O12/c53-40-15-12-29-11-9-27-4-1-2-5-33(27)51(29,40)34-17-18-50(49(66)67)43(34)32-21-37(61)38(69-52(68)48(65)47(64)46(63)39(24-59)70-52)22-35(32)58(50)42(62)16-8-26-7-14-36(60)31(20-26)30-13-10-28(44-45(30)57-25-56-44)23-55-41-6-3-19-54-41/h1-8,14,16-22,25,28-30,34,39-40,43,46-48,54-55,59-61,63-65,68H,9-13,15,23-24,53H2,(H,56,57)(H,66,67). The van der Waals surface area contributed by atoms with Gasteiger partial charge in [0.15, 0.2) is 23.1 Å². The number of ether oxygens (including phenoxy) is 2. The molecule has 1 saturated carbocycles. The molecule has 13 N–H and O–H groups in total. The number of carboxylic acid groups (broad SMARTS) is 1. The highest BCUT2D eigenvalue weighted by atomic mass is 16.8. The summed E-state index contributed by atoms with van der Waals surface area (Å²) in [6.45, 7) is -0.244. The number of aliphatic hydroxyl groups is 5. The van der Waals surface area contributed by atoms with E-state index in [2.05, 4.69) is 32.4 Å². The third kappa shape index (κ3) is 6.83. The van der Waals surface area contributed by atoms with Crippen molar-refractivity contribution < 1.29 is 59.9 Å². The van der Waals surface area contributed by atoms with E-state index in [1.54, 1.807) is 24.5 Å². The largest absolute Gasteiger partial charge is 0.508 e. The van der Waals surface area contributed by atoms with Crippen LogP contribution in [0, 0.1) is 11.8 Å². The summed E-state index contributed by atoms with van der Waals surface area (Å²) < 4.78 is 11.1. The summed E-state index contributed by atoms with van der Waals surface area (Å²) in [4.78, 5) is 41.7. The van der Waals surface area contributed by atoms with Gasteiger partial charge in [-0.2, -0.15) is 0 Å². The molecule has 2 aliphatic heterocycles. The topological polar surface area (TPSA) is 300 Å². The predicted octanol–water partition coefficient (Wildman–Crippen LogP) is 3.54. The molecule has 18 nitrogen and oxygen atoms in total. The maximum atomic E-state index is 15.2. The molecule has 13 unspecified atom stereocenters. The number of allylic oxidation sites excluding steroid dienone is 1. The van der Waals surface area contributed by atoms with Crippen molar-refractivity contribution in [3.8, 4) is 17.2 Å². The number of aromatic amines is 2. The molecule has 0 radical (unpaired) electrons.